The van der Waals surface area contributed by atoms with E-state index in [1.54, 1.807) is 18.2 Å². The van der Waals surface area contributed by atoms with Crippen LogP contribution >= 0.6 is 12.4 Å². The first-order valence-electron chi connectivity index (χ1n) is 8.82. The molecule has 3 aromatic carbocycles. The highest BCUT2D eigenvalue weighted by Crippen LogP contribution is 2.38. The van der Waals surface area contributed by atoms with E-state index in [9.17, 15) is 13.2 Å². The lowest BCUT2D eigenvalue weighted by Crippen LogP contribution is -2.07. The summed E-state index contributed by atoms with van der Waals surface area (Å²) < 4.78 is 40.5. The maximum Gasteiger partial charge on any atom is 0.417 e. The van der Waals surface area contributed by atoms with Gasteiger partial charge in [0.05, 0.1) is 22.5 Å². The Labute approximate surface area is 172 Å². The number of nitrogens with one attached hydrogen (secondary N) is 1. The van der Waals surface area contributed by atoms with Crippen LogP contribution < -0.4 is 5.32 Å². The van der Waals surface area contributed by atoms with Crippen LogP contribution in [0.1, 0.15) is 11.1 Å². The van der Waals surface area contributed by atoms with Crippen LogP contribution in [0.25, 0.3) is 22.2 Å². The molecule has 4 rings (SSSR count). The molecule has 0 fully saturated rings. The Balaban J connectivity index is 0.00000240. The molecule has 1 N–H and O–H groups in total. The number of hydrogen-bond acceptors (Lipinski definition) is 2. The molecule has 1 aromatic heterocycles. The molecule has 0 bridgehead atoms. The van der Waals surface area contributed by atoms with Crippen molar-refractivity contribution < 1.29 is 13.2 Å². The SMILES string of the molecule is Cc1ccc(Nc2cc(-c3ccccc3C(F)(F)F)nc3ccccc23)cc1.Cl. The average Bonchev–Trinajstić information content (AvgIpc) is 2.69. The summed E-state index contributed by atoms with van der Waals surface area (Å²) in [6.07, 6.45) is -4.45. The number of halogens is 4. The van der Waals surface area contributed by atoms with E-state index in [4.69, 9.17) is 0 Å². The van der Waals surface area contributed by atoms with Gasteiger partial charge in [-0.1, -0.05) is 54.1 Å². The van der Waals surface area contributed by atoms with Crippen LogP contribution in [0.2, 0.25) is 0 Å². The molecule has 29 heavy (non-hydrogen) atoms. The summed E-state index contributed by atoms with van der Waals surface area (Å²) >= 11 is 0. The average molecular weight is 415 g/mol. The van der Waals surface area contributed by atoms with E-state index in [0.29, 0.717) is 11.2 Å². The minimum atomic E-state index is -4.45. The molecule has 0 aliphatic carbocycles. The van der Waals surface area contributed by atoms with Crippen molar-refractivity contribution in [1.29, 1.82) is 0 Å². The van der Waals surface area contributed by atoms with Gasteiger partial charge in [0, 0.05) is 16.6 Å². The molecule has 0 saturated carbocycles. The van der Waals surface area contributed by atoms with Crippen molar-refractivity contribution in [3.8, 4) is 11.3 Å². The predicted molar refractivity (Wildman–Crippen MR) is 114 cm³/mol. The van der Waals surface area contributed by atoms with E-state index in [1.807, 2.05) is 49.4 Å². The molecule has 4 aromatic rings. The van der Waals surface area contributed by atoms with E-state index in [0.717, 1.165) is 22.7 Å². The fourth-order valence-corrected chi connectivity index (χ4v) is 3.16. The van der Waals surface area contributed by atoms with Gasteiger partial charge in [-0.15, -0.1) is 12.4 Å². The Kier molecular flexibility index (Phi) is 5.80. The van der Waals surface area contributed by atoms with Gasteiger partial charge in [0.25, 0.3) is 0 Å². The molecule has 2 nitrogen and oxygen atoms in total. The standard InChI is InChI=1S/C23H17F3N2.ClH/c1-15-10-12-16(13-11-15)27-22-14-21(28-20-9-5-3-7-18(20)22)17-6-2-4-8-19(17)23(24,25)26;/h2-14H,1H3,(H,27,28);1H. The van der Waals surface area contributed by atoms with Crippen LogP contribution in [0, 0.1) is 6.92 Å². The number of aryl methyl sites for hydroxylation is 1. The fourth-order valence-electron chi connectivity index (χ4n) is 3.16. The molecule has 0 amide bonds. The molecule has 0 aliphatic heterocycles. The largest absolute Gasteiger partial charge is 0.417 e. The number of pyridine rings is 1. The molecule has 0 atom stereocenters. The van der Waals surface area contributed by atoms with Crippen molar-refractivity contribution in [2.75, 3.05) is 5.32 Å². The van der Waals surface area contributed by atoms with E-state index in [2.05, 4.69) is 10.3 Å². The van der Waals surface area contributed by atoms with Crippen molar-refractivity contribution in [3.05, 3.63) is 90.0 Å². The maximum absolute atomic E-state index is 13.5. The summed E-state index contributed by atoms with van der Waals surface area (Å²) in [5.74, 6) is 0. The van der Waals surface area contributed by atoms with Crippen molar-refractivity contribution in [3.63, 3.8) is 0 Å². The molecule has 1 heterocycles. The van der Waals surface area contributed by atoms with Crippen LogP contribution in [0.15, 0.2) is 78.9 Å². The van der Waals surface area contributed by atoms with Crippen molar-refractivity contribution >= 4 is 34.7 Å². The Morgan fingerprint density at radius 3 is 2.21 bits per heavy atom. The second-order valence-corrected chi connectivity index (χ2v) is 6.61. The van der Waals surface area contributed by atoms with E-state index >= 15 is 0 Å². The minimum absolute atomic E-state index is 0. The first-order chi connectivity index (χ1) is 13.4. The normalized spacial score (nSPS) is 11.2. The Morgan fingerprint density at radius 1 is 0.828 bits per heavy atom. The first-order valence-corrected chi connectivity index (χ1v) is 8.82. The highest BCUT2D eigenvalue weighted by atomic mass is 35.5. The molecule has 0 aliphatic rings. The van der Waals surface area contributed by atoms with E-state index in [-0.39, 0.29) is 23.7 Å². The van der Waals surface area contributed by atoms with Crippen LogP contribution in [0.5, 0.6) is 0 Å². The quantitative estimate of drug-likeness (QED) is 0.378. The van der Waals surface area contributed by atoms with Gasteiger partial charge in [-0.2, -0.15) is 13.2 Å². The summed E-state index contributed by atoms with van der Waals surface area (Å²) in [6, 6.07) is 22.4. The number of anilines is 2. The predicted octanol–water partition coefficient (Wildman–Crippen LogP) is 7.39. The van der Waals surface area contributed by atoms with Gasteiger partial charge in [-0.3, -0.25) is 0 Å². The first kappa shape index (κ1) is 20.7. The Morgan fingerprint density at radius 2 is 1.48 bits per heavy atom. The highest BCUT2D eigenvalue weighted by molar-refractivity contribution is 5.95. The van der Waals surface area contributed by atoms with Gasteiger partial charge in [0.15, 0.2) is 0 Å². The molecule has 0 unspecified atom stereocenters. The van der Waals surface area contributed by atoms with Crippen LogP contribution in [-0.4, -0.2) is 4.98 Å². The highest BCUT2D eigenvalue weighted by Gasteiger charge is 2.33. The molecule has 0 saturated heterocycles. The number of benzene rings is 3. The number of nitrogens with zero attached hydrogens (tertiary/aromatic N) is 1. The zero-order chi connectivity index (χ0) is 19.7. The van der Waals surface area contributed by atoms with Gasteiger partial charge in [-0.05, 0) is 37.3 Å². The summed E-state index contributed by atoms with van der Waals surface area (Å²) in [5.41, 5.74) is 2.97. The minimum Gasteiger partial charge on any atom is -0.355 e. The maximum atomic E-state index is 13.5. The zero-order valence-electron chi connectivity index (χ0n) is 15.5. The third-order valence-corrected chi connectivity index (χ3v) is 4.56. The van der Waals surface area contributed by atoms with E-state index < -0.39 is 11.7 Å². The lowest BCUT2D eigenvalue weighted by atomic mass is 10.0. The Hall–Kier alpha value is -3.05. The van der Waals surface area contributed by atoms with Crippen molar-refractivity contribution in [1.82, 2.24) is 4.98 Å². The van der Waals surface area contributed by atoms with Gasteiger partial charge < -0.3 is 5.32 Å². The topological polar surface area (TPSA) is 24.9 Å². The third kappa shape index (κ3) is 4.35. The van der Waals surface area contributed by atoms with Gasteiger partial charge in [0.2, 0.25) is 0 Å². The molecule has 148 valence electrons. The zero-order valence-corrected chi connectivity index (χ0v) is 16.3. The van der Waals surface area contributed by atoms with Crippen LogP contribution in [0.4, 0.5) is 24.5 Å². The van der Waals surface area contributed by atoms with E-state index in [1.165, 1.54) is 12.1 Å². The second-order valence-electron chi connectivity index (χ2n) is 6.61. The third-order valence-electron chi connectivity index (χ3n) is 4.56. The number of rotatable bonds is 3. The van der Waals surface area contributed by atoms with Gasteiger partial charge in [-0.25, -0.2) is 4.98 Å². The molecule has 0 spiro atoms. The van der Waals surface area contributed by atoms with Gasteiger partial charge in [0.1, 0.15) is 0 Å². The summed E-state index contributed by atoms with van der Waals surface area (Å²) in [4.78, 5) is 4.50. The summed E-state index contributed by atoms with van der Waals surface area (Å²) in [7, 11) is 0. The Bertz CT molecular complexity index is 1140. The molecule has 6 heteroatoms. The smallest absolute Gasteiger partial charge is 0.355 e. The number of alkyl halides is 3. The monoisotopic (exact) mass is 414 g/mol. The number of fused-ring (bicyclic) bond motifs is 1. The lowest BCUT2D eigenvalue weighted by molar-refractivity contribution is -0.137. The molecule has 0 radical (unpaired) electrons. The van der Waals surface area contributed by atoms with Crippen LogP contribution in [-0.2, 0) is 6.18 Å². The lowest BCUT2D eigenvalue weighted by Gasteiger charge is -2.15. The molecular weight excluding hydrogens is 397 g/mol. The second kappa shape index (κ2) is 8.13. The summed E-state index contributed by atoms with van der Waals surface area (Å²) in [5, 5.41) is 4.17. The summed E-state index contributed by atoms with van der Waals surface area (Å²) in [6.45, 7) is 2.00. The molecular formula is C23H18ClF3N2. The number of para-hydroxylation sites is 1. The van der Waals surface area contributed by atoms with Crippen molar-refractivity contribution in [2.24, 2.45) is 0 Å². The fraction of sp³-hybridized carbons (Fsp3) is 0.0870. The van der Waals surface area contributed by atoms with Crippen molar-refractivity contribution in [2.45, 2.75) is 13.1 Å². The number of aromatic nitrogens is 1. The van der Waals surface area contributed by atoms with Crippen LogP contribution in [0.3, 0.4) is 0 Å². The van der Waals surface area contributed by atoms with Gasteiger partial charge >= 0.3 is 6.18 Å². The number of hydrogen-bond donors (Lipinski definition) is 1.